The summed E-state index contributed by atoms with van der Waals surface area (Å²) in [5.41, 5.74) is 4.00. The smallest absolute Gasteiger partial charge is 0.270 e. The van der Waals surface area contributed by atoms with Crippen LogP contribution in [0.5, 0.6) is 0 Å². The molecule has 1 saturated carbocycles. The Balaban J connectivity index is 0.734. The number of anilines is 2. The normalized spacial score (nSPS) is 21.5. The molecule has 5 amide bonds. The van der Waals surface area contributed by atoms with Crippen molar-refractivity contribution in [2.24, 2.45) is 0 Å². The maximum atomic E-state index is 13.3. The van der Waals surface area contributed by atoms with Crippen LogP contribution in [0.2, 0.25) is 0 Å². The highest BCUT2D eigenvalue weighted by Gasteiger charge is 2.45. The van der Waals surface area contributed by atoms with E-state index in [1.807, 2.05) is 25.4 Å². The van der Waals surface area contributed by atoms with Gasteiger partial charge in [-0.2, -0.15) is 0 Å². The van der Waals surface area contributed by atoms with Crippen molar-refractivity contribution < 1.29 is 24.0 Å². The second-order valence-electron chi connectivity index (χ2n) is 15.3. The van der Waals surface area contributed by atoms with E-state index in [0.29, 0.717) is 29.5 Å². The van der Waals surface area contributed by atoms with Crippen LogP contribution in [0.4, 0.5) is 11.5 Å². The molecule has 3 aliphatic heterocycles. The lowest BCUT2D eigenvalue weighted by molar-refractivity contribution is -0.136. The molecule has 292 valence electrons. The van der Waals surface area contributed by atoms with E-state index in [1.54, 1.807) is 30.6 Å². The maximum absolute atomic E-state index is 13.3. The molecule has 4 aromatic rings. The molecule has 4 N–H and O–H groups in total. The first-order chi connectivity index (χ1) is 27.2. The number of imide groups is 2. The second kappa shape index (κ2) is 16.1. The molecule has 6 heterocycles. The van der Waals surface area contributed by atoms with E-state index in [1.165, 1.54) is 0 Å². The summed E-state index contributed by atoms with van der Waals surface area (Å²) in [6.07, 6.45) is 11.4. The Morgan fingerprint density at radius 1 is 0.893 bits per heavy atom. The Labute approximate surface area is 324 Å². The number of unbranched alkanes of at least 4 members (excludes halogenated alkanes) is 3. The van der Waals surface area contributed by atoms with E-state index in [9.17, 15) is 24.0 Å². The molecule has 0 radical (unpaired) electrons. The van der Waals surface area contributed by atoms with Crippen LogP contribution in [-0.2, 0) is 9.59 Å². The Morgan fingerprint density at radius 2 is 1.70 bits per heavy atom. The lowest BCUT2D eigenvalue weighted by Crippen LogP contribution is -2.54. The number of benzene rings is 1. The lowest BCUT2D eigenvalue weighted by Gasteiger charge is -2.36. The zero-order valence-corrected chi connectivity index (χ0v) is 31.5. The van der Waals surface area contributed by atoms with Crippen molar-refractivity contribution in [2.75, 3.05) is 36.8 Å². The van der Waals surface area contributed by atoms with Crippen LogP contribution in [0.15, 0.2) is 49.1 Å². The fourth-order valence-electron chi connectivity index (χ4n) is 8.28. The minimum Gasteiger partial charge on any atom is -0.384 e. The van der Waals surface area contributed by atoms with E-state index < -0.39 is 29.7 Å². The van der Waals surface area contributed by atoms with E-state index in [0.717, 1.165) is 98.6 Å². The minimum absolute atomic E-state index is 0.0831. The van der Waals surface area contributed by atoms with Crippen LogP contribution in [0.25, 0.3) is 11.2 Å². The molecular weight excluding hydrogens is 715 g/mol. The standard InChI is InChI=1S/C40H47N11O5/c1-24-8-6-11-30(45-24)37(53)47-26-20-27(21-26)50-23-44-34-35(42-22-43-36(34)50)46-25-14-18-49(19-15-25)17-5-3-2-4-16-41-29-10-7-9-28-33(29)40(56)51(39(28)55)31-12-13-32(52)48-38(31)54/h6-11,22-23,25-27,31,41H,2-5,12-21H2,1H3,(H,47,53)(H,42,43,46)(H,48,52,54)/t26?,27?,31-/m0/s1. The monoisotopic (exact) mass is 761 g/mol. The van der Waals surface area contributed by atoms with Crippen molar-refractivity contribution in [1.29, 1.82) is 0 Å². The summed E-state index contributed by atoms with van der Waals surface area (Å²) < 4.78 is 2.10. The number of hydrogen-bond acceptors (Lipinski definition) is 12. The molecule has 0 spiro atoms. The quantitative estimate of drug-likeness (QED) is 0.108. The molecule has 16 nitrogen and oxygen atoms in total. The summed E-state index contributed by atoms with van der Waals surface area (Å²) in [7, 11) is 0. The number of likely N-dealkylation sites (tertiary alicyclic amines) is 1. The highest BCUT2D eigenvalue weighted by molar-refractivity contribution is 6.25. The Bertz CT molecular complexity index is 2160. The van der Waals surface area contributed by atoms with Crippen molar-refractivity contribution in [3.05, 3.63) is 71.6 Å². The number of aryl methyl sites for hydroxylation is 1. The SMILES string of the molecule is Cc1cccc(C(=O)NC2CC(n3cnc4c(NC5CCN(CCCCCCNc6cccc7c6C(=O)N([C@H]6CCC(=O)NC6=O)C7=O)CC5)ncnc43)C2)n1. The van der Waals surface area contributed by atoms with Crippen molar-refractivity contribution in [3.63, 3.8) is 0 Å². The van der Waals surface area contributed by atoms with Gasteiger partial charge in [0.1, 0.15) is 23.6 Å². The molecule has 3 fully saturated rings. The van der Waals surface area contributed by atoms with Crippen molar-refractivity contribution in [3.8, 4) is 0 Å². The summed E-state index contributed by atoms with van der Waals surface area (Å²) in [6.45, 7) is 5.61. The van der Waals surface area contributed by atoms with Gasteiger partial charge in [0.2, 0.25) is 11.8 Å². The first-order valence-electron chi connectivity index (χ1n) is 19.7. The van der Waals surface area contributed by atoms with E-state index in [4.69, 9.17) is 4.98 Å². The predicted molar refractivity (Wildman–Crippen MR) is 207 cm³/mol. The molecule has 3 aromatic heterocycles. The highest BCUT2D eigenvalue weighted by atomic mass is 16.2. The van der Waals surface area contributed by atoms with Gasteiger partial charge in [0.15, 0.2) is 11.5 Å². The zero-order chi connectivity index (χ0) is 38.8. The number of carbonyl (C=O) groups is 5. The highest BCUT2D eigenvalue weighted by Crippen LogP contribution is 2.36. The van der Waals surface area contributed by atoms with Crippen LogP contribution < -0.4 is 21.3 Å². The third-order valence-electron chi connectivity index (χ3n) is 11.4. The maximum Gasteiger partial charge on any atom is 0.270 e. The molecule has 56 heavy (non-hydrogen) atoms. The predicted octanol–water partition coefficient (Wildman–Crippen LogP) is 3.61. The number of nitrogens with one attached hydrogen (secondary N) is 4. The molecule has 1 atom stereocenters. The largest absolute Gasteiger partial charge is 0.384 e. The second-order valence-corrected chi connectivity index (χ2v) is 15.3. The van der Waals surface area contributed by atoms with Gasteiger partial charge in [-0.3, -0.25) is 34.2 Å². The molecule has 0 unspecified atom stereocenters. The number of piperidine rings is 2. The zero-order valence-electron chi connectivity index (χ0n) is 31.5. The average molecular weight is 762 g/mol. The molecule has 1 aromatic carbocycles. The molecule has 16 heteroatoms. The van der Waals surface area contributed by atoms with Gasteiger partial charge in [-0.15, -0.1) is 0 Å². The first kappa shape index (κ1) is 37.2. The summed E-state index contributed by atoms with van der Waals surface area (Å²) in [5, 5.41) is 12.3. The number of aromatic nitrogens is 5. The molecule has 8 rings (SSSR count). The average Bonchev–Trinajstić information content (AvgIpc) is 3.72. The third-order valence-corrected chi connectivity index (χ3v) is 11.4. The number of amides is 5. The van der Waals surface area contributed by atoms with Gasteiger partial charge in [0.05, 0.1) is 17.5 Å². The number of hydrogen-bond donors (Lipinski definition) is 4. The van der Waals surface area contributed by atoms with E-state index in [2.05, 4.69) is 45.7 Å². The third kappa shape index (κ3) is 7.70. The fourth-order valence-corrected chi connectivity index (χ4v) is 8.28. The molecule has 0 bridgehead atoms. The van der Waals surface area contributed by atoms with Gasteiger partial charge in [0, 0.05) is 55.6 Å². The van der Waals surface area contributed by atoms with Crippen molar-refractivity contribution in [2.45, 2.75) is 95.3 Å². The van der Waals surface area contributed by atoms with Gasteiger partial charge in [0.25, 0.3) is 17.7 Å². The minimum atomic E-state index is -0.977. The summed E-state index contributed by atoms with van der Waals surface area (Å²) in [5.74, 6) is -1.38. The van der Waals surface area contributed by atoms with Gasteiger partial charge in [-0.05, 0) is 82.7 Å². The molecule has 4 aliphatic rings. The van der Waals surface area contributed by atoms with Crippen molar-refractivity contribution >= 4 is 52.2 Å². The van der Waals surface area contributed by atoms with Crippen LogP contribution in [0.3, 0.4) is 0 Å². The van der Waals surface area contributed by atoms with Crippen molar-refractivity contribution in [1.82, 2.24) is 44.9 Å². The molecular formula is C40H47N11O5. The topological polar surface area (TPSA) is 196 Å². The first-order valence-corrected chi connectivity index (χ1v) is 19.7. The number of rotatable bonds is 14. The van der Waals surface area contributed by atoms with Crippen LogP contribution in [0, 0.1) is 6.92 Å². The number of pyridine rings is 1. The lowest BCUT2D eigenvalue weighted by atomic mass is 9.86. The fraction of sp³-hybridized carbons (Fsp3) is 0.475. The number of imidazole rings is 1. The van der Waals surface area contributed by atoms with E-state index in [-0.39, 0.29) is 36.4 Å². The summed E-state index contributed by atoms with van der Waals surface area (Å²) >= 11 is 0. The van der Waals surface area contributed by atoms with Gasteiger partial charge < -0.3 is 25.4 Å². The summed E-state index contributed by atoms with van der Waals surface area (Å²) in [6, 6.07) is 10.2. The van der Waals surface area contributed by atoms with Crippen LogP contribution in [0.1, 0.15) is 107 Å². The number of carbonyl (C=O) groups excluding carboxylic acids is 5. The van der Waals surface area contributed by atoms with E-state index >= 15 is 0 Å². The Kier molecular flexibility index (Phi) is 10.7. The van der Waals surface area contributed by atoms with Gasteiger partial charge in [-0.25, -0.2) is 19.9 Å². The molecule has 1 aliphatic carbocycles. The van der Waals surface area contributed by atoms with Gasteiger partial charge in [-0.1, -0.05) is 25.0 Å². The van der Waals surface area contributed by atoms with Gasteiger partial charge >= 0.3 is 0 Å². The van der Waals surface area contributed by atoms with Crippen LogP contribution >= 0.6 is 0 Å². The number of fused-ring (bicyclic) bond motifs is 2. The summed E-state index contributed by atoms with van der Waals surface area (Å²) in [4.78, 5) is 84.7. The number of nitrogens with zero attached hydrogens (tertiary/aromatic N) is 7. The molecule has 2 saturated heterocycles. The van der Waals surface area contributed by atoms with Crippen LogP contribution in [-0.4, -0.2) is 108 Å². The Hall–Kier alpha value is -5.77. The Morgan fingerprint density at radius 3 is 2.50 bits per heavy atom.